The molecule has 2 heterocycles. The van der Waals surface area contributed by atoms with Gasteiger partial charge in [0.25, 0.3) is 0 Å². The van der Waals surface area contributed by atoms with Gasteiger partial charge in [-0.3, -0.25) is 19.7 Å². The molecule has 0 aliphatic heterocycles. The monoisotopic (exact) mass is 421 g/mol. The maximum Gasteiger partial charge on any atom is 0.250 e. The molecule has 0 bridgehead atoms. The molecule has 2 aromatic heterocycles. The van der Waals surface area contributed by atoms with Crippen molar-refractivity contribution in [2.75, 3.05) is 5.32 Å². The zero-order valence-electron chi connectivity index (χ0n) is 17.4. The number of nitrogens with two attached hydrogens (primary N) is 1. The average molecular weight is 421 g/mol. The van der Waals surface area contributed by atoms with Crippen molar-refractivity contribution in [2.45, 2.75) is 13.8 Å². The number of hydrazine groups is 1. The molecule has 1 aromatic carbocycles. The van der Waals surface area contributed by atoms with Gasteiger partial charge >= 0.3 is 0 Å². The number of hydrogen-bond donors (Lipinski definition) is 3. The topological polar surface area (TPSA) is 137 Å². The van der Waals surface area contributed by atoms with E-state index in [0.717, 1.165) is 5.56 Å². The van der Waals surface area contributed by atoms with Gasteiger partial charge in [-0.15, -0.1) is 0 Å². The Bertz CT molecular complexity index is 1120. The maximum absolute atomic E-state index is 12.8. The normalized spacial score (nSPS) is 21.9. The molecule has 0 radical (unpaired) electrons. The third kappa shape index (κ3) is 3.61. The lowest BCUT2D eigenvalue weighted by Crippen LogP contribution is -2.45. The van der Waals surface area contributed by atoms with Crippen molar-refractivity contribution in [1.82, 2.24) is 25.2 Å². The van der Waals surface area contributed by atoms with Gasteiger partial charge in [0, 0.05) is 31.2 Å². The quantitative estimate of drug-likeness (QED) is 0.239. The summed E-state index contributed by atoms with van der Waals surface area (Å²) in [5.74, 6) is 5.68. The first-order chi connectivity index (χ1) is 14.9. The second-order valence-electron chi connectivity index (χ2n) is 7.62. The Hall–Kier alpha value is -3.79. The summed E-state index contributed by atoms with van der Waals surface area (Å²) < 4.78 is 7.48. The lowest BCUT2D eigenvalue weighted by Gasteiger charge is -2.16. The first-order valence-electron chi connectivity index (χ1n) is 9.78. The van der Waals surface area contributed by atoms with Gasteiger partial charge < -0.3 is 10.1 Å². The first kappa shape index (κ1) is 20.5. The Morgan fingerprint density at radius 1 is 1.13 bits per heavy atom. The van der Waals surface area contributed by atoms with Crippen LogP contribution < -0.4 is 21.3 Å². The van der Waals surface area contributed by atoms with Gasteiger partial charge in [-0.2, -0.15) is 10.1 Å². The number of amides is 2. The summed E-state index contributed by atoms with van der Waals surface area (Å²) in [6, 6.07) is 8.46. The molecule has 2 unspecified atom stereocenters. The lowest BCUT2D eigenvalue weighted by molar-refractivity contribution is -0.135. The number of benzene rings is 1. The zero-order valence-corrected chi connectivity index (χ0v) is 17.4. The van der Waals surface area contributed by atoms with Crippen LogP contribution in [0.25, 0.3) is 11.4 Å². The van der Waals surface area contributed by atoms with Gasteiger partial charge in [-0.25, -0.2) is 10.8 Å². The lowest BCUT2D eigenvalue weighted by atomic mass is 10.00. The zero-order chi connectivity index (χ0) is 22.2. The van der Waals surface area contributed by atoms with Crippen LogP contribution in [0.2, 0.25) is 0 Å². The molecular formula is C21H23N7O3. The van der Waals surface area contributed by atoms with Crippen LogP contribution in [-0.4, -0.2) is 31.6 Å². The molecule has 4 rings (SSSR count). The smallest absolute Gasteiger partial charge is 0.250 e. The molecule has 2 atom stereocenters. The van der Waals surface area contributed by atoms with E-state index in [1.807, 2.05) is 27.1 Å². The summed E-state index contributed by atoms with van der Waals surface area (Å²) in [6.07, 6.45) is 5.10. The summed E-state index contributed by atoms with van der Waals surface area (Å²) in [4.78, 5) is 33.6. The van der Waals surface area contributed by atoms with Crippen LogP contribution in [0.1, 0.15) is 13.8 Å². The number of rotatable bonds is 6. The van der Waals surface area contributed by atoms with Gasteiger partial charge in [-0.05, 0) is 36.1 Å². The number of carbonyl (C=O) groups excluding carboxylic acids is 2. The fourth-order valence-electron chi connectivity index (χ4n) is 3.86. The summed E-state index contributed by atoms with van der Waals surface area (Å²) in [6.45, 7) is 3.72. The Kier molecular flexibility index (Phi) is 5.15. The molecule has 31 heavy (non-hydrogen) atoms. The van der Waals surface area contributed by atoms with Crippen molar-refractivity contribution in [1.29, 1.82) is 0 Å². The maximum atomic E-state index is 12.8. The van der Waals surface area contributed by atoms with Crippen molar-refractivity contribution in [3.05, 3.63) is 48.9 Å². The van der Waals surface area contributed by atoms with Crippen molar-refractivity contribution in [3.8, 4) is 23.0 Å². The van der Waals surface area contributed by atoms with Crippen LogP contribution in [-0.2, 0) is 16.6 Å². The van der Waals surface area contributed by atoms with Crippen molar-refractivity contribution >= 4 is 17.5 Å². The van der Waals surface area contributed by atoms with E-state index in [-0.39, 0.29) is 17.7 Å². The van der Waals surface area contributed by atoms with E-state index < -0.39 is 11.3 Å². The van der Waals surface area contributed by atoms with E-state index >= 15 is 0 Å². The van der Waals surface area contributed by atoms with Crippen LogP contribution in [0.15, 0.2) is 48.9 Å². The van der Waals surface area contributed by atoms with E-state index in [0.29, 0.717) is 23.1 Å². The number of hydrogen-bond acceptors (Lipinski definition) is 7. The first-order valence-corrected chi connectivity index (χ1v) is 9.78. The molecule has 1 saturated carbocycles. The summed E-state index contributed by atoms with van der Waals surface area (Å²) in [5, 5.41) is 6.92. The second-order valence-corrected chi connectivity index (χ2v) is 7.62. The van der Waals surface area contributed by atoms with Gasteiger partial charge in [0.15, 0.2) is 5.82 Å². The van der Waals surface area contributed by atoms with E-state index in [9.17, 15) is 9.59 Å². The second kappa shape index (κ2) is 7.80. The Morgan fingerprint density at radius 3 is 2.42 bits per heavy atom. The molecule has 4 N–H and O–H groups in total. The van der Waals surface area contributed by atoms with Crippen molar-refractivity contribution in [3.63, 3.8) is 0 Å². The van der Waals surface area contributed by atoms with Crippen molar-refractivity contribution in [2.24, 2.45) is 30.1 Å². The van der Waals surface area contributed by atoms with Gasteiger partial charge in [-0.1, -0.05) is 13.8 Å². The number of carbonyl (C=O) groups is 2. The molecule has 2 amide bonds. The van der Waals surface area contributed by atoms with Crippen molar-refractivity contribution < 1.29 is 14.3 Å². The Labute approximate surface area is 178 Å². The van der Waals surface area contributed by atoms with Crippen LogP contribution in [0.5, 0.6) is 11.6 Å². The van der Waals surface area contributed by atoms with E-state index in [2.05, 4.69) is 25.8 Å². The fourth-order valence-corrected chi connectivity index (χ4v) is 3.86. The SMILES string of the molecule is CC1C(C)C1(C(=O)NN)C(=O)Nc1ccc(Oc2ccnc(-c3cnn(C)c3)n2)cc1. The van der Waals surface area contributed by atoms with Gasteiger partial charge in [0.2, 0.25) is 17.7 Å². The molecule has 0 spiro atoms. The van der Waals surface area contributed by atoms with E-state index in [1.165, 1.54) is 0 Å². The number of nitrogens with zero attached hydrogens (tertiary/aromatic N) is 4. The average Bonchev–Trinajstić information content (AvgIpc) is 3.09. The number of ether oxygens (including phenoxy) is 1. The minimum atomic E-state index is -1.15. The number of aryl methyl sites for hydroxylation is 1. The number of anilines is 1. The van der Waals surface area contributed by atoms with Crippen LogP contribution >= 0.6 is 0 Å². The molecule has 0 saturated heterocycles. The molecule has 160 valence electrons. The van der Waals surface area contributed by atoms with Crippen LogP contribution in [0.3, 0.4) is 0 Å². The molecule has 1 aliphatic carbocycles. The molecule has 1 aliphatic rings. The summed E-state index contributed by atoms with van der Waals surface area (Å²) >= 11 is 0. The van der Waals surface area contributed by atoms with E-state index in [1.54, 1.807) is 47.4 Å². The highest BCUT2D eigenvalue weighted by Crippen LogP contribution is 2.59. The van der Waals surface area contributed by atoms with Crippen LogP contribution in [0, 0.1) is 17.3 Å². The Morgan fingerprint density at radius 2 is 1.84 bits per heavy atom. The molecule has 3 aromatic rings. The highest BCUT2D eigenvalue weighted by molar-refractivity contribution is 6.13. The minimum absolute atomic E-state index is 0.0922. The molecule has 1 fully saturated rings. The molecule has 10 heteroatoms. The number of aromatic nitrogens is 4. The molecular weight excluding hydrogens is 398 g/mol. The minimum Gasteiger partial charge on any atom is -0.439 e. The highest BCUT2D eigenvalue weighted by atomic mass is 16.5. The van der Waals surface area contributed by atoms with Crippen LogP contribution in [0.4, 0.5) is 5.69 Å². The van der Waals surface area contributed by atoms with Gasteiger partial charge in [0.05, 0.1) is 11.8 Å². The predicted molar refractivity (Wildman–Crippen MR) is 112 cm³/mol. The largest absolute Gasteiger partial charge is 0.439 e. The Balaban J connectivity index is 1.45. The standard InChI is InChI=1S/C21H23N7O3/c1-12-13(2)21(12,20(30)27-22)19(29)25-15-4-6-16(7-5-15)31-17-8-9-23-18(26-17)14-10-24-28(3)11-14/h4-13H,22H2,1-3H3,(H,25,29)(H,27,30). The number of nitrogens with one attached hydrogen (secondary N) is 2. The predicted octanol–water partition coefficient (Wildman–Crippen LogP) is 1.87. The fraction of sp³-hybridized carbons (Fsp3) is 0.286. The summed E-state index contributed by atoms with van der Waals surface area (Å²) in [5.41, 5.74) is 2.30. The van der Waals surface area contributed by atoms with Gasteiger partial charge in [0.1, 0.15) is 11.2 Å². The summed E-state index contributed by atoms with van der Waals surface area (Å²) in [7, 11) is 1.82. The third-order valence-electron chi connectivity index (χ3n) is 5.89. The van der Waals surface area contributed by atoms with E-state index in [4.69, 9.17) is 10.6 Å². The molecule has 10 nitrogen and oxygen atoms in total. The highest BCUT2D eigenvalue weighted by Gasteiger charge is 2.69. The third-order valence-corrected chi connectivity index (χ3v) is 5.89.